The van der Waals surface area contributed by atoms with Gasteiger partial charge in [0.25, 0.3) is 11.7 Å². The van der Waals surface area contributed by atoms with Crippen molar-refractivity contribution in [1.82, 2.24) is 4.90 Å². The van der Waals surface area contributed by atoms with Gasteiger partial charge in [-0.1, -0.05) is 41.4 Å². The largest absolute Gasteiger partial charge is 0.507 e. The fraction of sp³-hybridized carbons (Fsp3) is 0.360. The van der Waals surface area contributed by atoms with Crippen LogP contribution < -0.4 is 9.47 Å². The SMILES string of the molecule is COc1cc(/C(O)=C2\C(=O)C(=O)N(CCOC(C)C)C2c2cccc(C)c2)c(OC)cc1Cl. The number of carbonyl (C=O) groups excluding carboxylic acids is 2. The van der Waals surface area contributed by atoms with Crippen LogP contribution >= 0.6 is 11.6 Å². The minimum atomic E-state index is -0.785. The number of hydrogen-bond donors (Lipinski definition) is 1. The van der Waals surface area contributed by atoms with E-state index in [-0.39, 0.29) is 46.9 Å². The van der Waals surface area contributed by atoms with Gasteiger partial charge in [-0.2, -0.15) is 0 Å². The summed E-state index contributed by atoms with van der Waals surface area (Å²) in [6.07, 6.45) is -0.0231. The number of likely N-dealkylation sites (tertiary alicyclic amines) is 1. The summed E-state index contributed by atoms with van der Waals surface area (Å²) >= 11 is 6.20. The van der Waals surface area contributed by atoms with Crippen LogP contribution in [-0.4, -0.2) is 55.2 Å². The first-order valence-electron chi connectivity index (χ1n) is 10.6. The Bertz CT molecular complexity index is 1090. The molecule has 0 radical (unpaired) electrons. The topological polar surface area (TPSA) is 85.3 Å². The maximum atomic E-state index is 13.2. The van der Waals surface area contributed by atoms with E-state index < -0.39 is 17.7 Å². The van der Waals surface area contributed by atoms with Gasteiger partial charge >= 0.3 is 0 Å². The molecule has 1 N–H and O–H groups in total. The number of aryl methyl sites for hydroxylation is 1. The second-order valence-corrected chi connectivity index (χ2v) is 8.42. The number of ether oxygens (including phenoxy) is 3. The first-order valence-corrected chi connectivity index (χ1v) is 11.0. The molecule has 0 aromatic heterocycles. The molecule has 2 aromatic rings. The lowest BCUT2D eigenvalue weighted by Gasteiger charge is -2.26. The predicted octanol–water partition coefficient (Wildman–Crippen LogP) is 4.51. The molecule has 1 aliphatic rings. The Kier molecular flexibility index (Phi) is 7.66. The Morgan fingerprint density at radius 2 is 1.82 bits per heavy atom. The van der Waals surface area contributed by atoms with E-state index in [1.807, 2.05) is 45.0 Å². The first kappa shape index (κ1) is 24.6. The summed E-state index contributed by atoms with van der Waals surface area (Å²) in [5, 5.41) is 11.6. The third-order valence-corrected chi connectivity index (χ3v) is 5.71. The minimum absolute atomic E-state index is 0.0231. The number of hydrogen-bond acceptors (Lipinski definition) is 6. The minimum Gasteiger partial charge on any atom is -0.507 e. The van der Waals surface area contributed by atoms with Crippen LogP contribution in [0.2, 0.25) is 5.02 Å². The fourth-order valence-corrected chi connectivity index (χ4v) is 4.11. The first-order chi connectivity index (χ1) is 15.7. The maximum absolute atomic E-state index is 13.2. The third-order valence-electron chi connectivity index (χ3n) is 5.41. The van der Waals surface area contributed by atoms with Gasteiger partial charge in [0.05, 0.1) is 49.1 Å². The van der Waals surface area contributed by atoms with Crippen LogP contribution in [0.4, 0.5) is 0 Å². The Morgan fingerprint density at radius 1 is 1.12 bits per heavy atom. The number of Topliss-reactive ketones (excluding diaryl/α,β-unsaturated/α-hetero) is 1. The molecule has 0 bridgehead atoms. The van der Waals surface area contributed by atoms with E-state index in [0.717, 1.165) is 5.56 Å². The molecule has 33 heavy (non-hydrogen) atoms. The zero-order chi connectivity index (χ0) is 24.3. The molecule has 3 rings (SSSR count). The fourth-order valence-electron chi connectivity index (χ4n) is 3.87. The van der Waals surface area contributed by atoms with Crippen molar-refractivity contribution in [1.29, 1.82) is 0 Å². The second kappa shape index (κ2) is 10.3. The van der Waals surface area contributed by atoms with Crippen molar-refractivity contribution in [3.63, 3.8) is 0 Å². The molecular weight excluding hydrogens is 446 g/mol. The third kappa shape index (κ3) is 4.99. The summed E-state index contributed by atoms with van der Waals surface area (Å²) in [6, 6.07) is 9.67. The summed E-state index contributed by atoms with van der Waals surface area (Å²) in [7, 11) is 2.87. The molecule has 7 nitrogen and oxygen atoms in total. The monoisotopic (exact) mass is 473 g/mol. The van der Waals surface area contributed by atoms with Crippen LogP contribution in [0, 0.1) is 6.92 Å². The lowest BCUT2D eigenvalue weighted by molar-refractivity contribution is -0.140. The van der Waals surface area contributed by atoms with Gasteiger partial charge in [0.2, 0.25) is 0 Å². The second-order valence-electron chi connectivity index (χ2n) is 8.01. The van der Waals surface area contributed by atoms with E-state index in [9.17, 15) is 14.7 Å². The Balaban J connectivity index is 2.20. The molecule has 176 valence electrons. The van der Waals surface area contributed by atoms with Crippen molar-refractivity contribution >= 4 is 29.1 Å². The molecule has 1 heterocycles. The van der Waals surface area contributed by atoms with E-state index in [4.69, 9.17) is 25.8 Å². The smallest absolute Gasteiger partial charge is 0.295 e. The molecule has 1 aliphatic heterocycles. The van der Waals surface area contributed by atoms with Crippen LogP contribution in [-0.2, 0) is 14.3 Å². The van der Waals surface area contributed by atoms with Crippen molar-refractivity contribution in [2.24, 2.45) is 0 Å². The van der Waals surface area contributed by atoms with Gasteiger partial charge in [0.1, 0.15) is 17.3 Å². The lowest BCUT2D eigenvalue weighted by Crippen LogP contribution is -2.33. The maximum Gasteiger partial charge on any atom is 0.295 e. The number of aliphatic hydroxyl groups is 1. The quantitative estimate of drug-likeness (QED) is 0.345. The Labute approximate surface area is 198 Å². The Hall–Kier alpha value is -3.03. The summed E-state index contributed by atoms with van der Waals surface area (Å²) in [4.78, 5) is 27.6. The molecule has 1 amide bonds. The summed E-state index contributed by atoms with van der Waals surface area (Å²) < 4.78 is 16.3. The van der Waals surface area contributed by atoms with Crippen LogP contribution in [0.5, 0.6) is 11.5 Å². The van der Waals surface area contributed by atoms with Gasteiger partial charge < -0.3 is 24.2 Å². The lowest BCUT2D eigenvalue weighted by atomic mass is 9.94. The number of aliphatic hydroxyl groups excluding tert-OH is 1. The zero-order valence-electron chi connectivity index (χ0n) is 19.3. The van der Waals surface area contributed by atoms with E-state index in [0.29, 0.717) is 11.3 Å². The van der Waals surface area contributed by atoms with Crippen molar-refractivity contribution < 1.29 is 28.9 Å². The van der Waals surface area contributed by atoms with Crippen LogP contribution in [0.3, 0.4) is 0 Å². The molecular formula is C25H28ClNO6. The molecule has 0 aliphatic carbocycles. The van der Waals surface area contributed by atoms with Crippen LogP contribution in [0.15, 0.2) is 42.0 Å². The molecule has 1 fully saturated rings. The number of halogens is 1. The van der Waals surface area contributed by atoms with Gasteiger partial charge in [0.15, 0.2) is 0 Å². The molecule has 1 atom stereocenters. The summed E-state index contributed by atoms with van der Waals surface area (Å²) in [5.41, 5.74) is 1.84. The van der Waals surface area contributed by atoms with Gasteiger partial charge in [-0.3, -0.25) is 9.59 Å². The van der Waals surface area contributed by atoms with Crippen molar-refractivity contribution in [2.75, 3.05) is 27.4 Å². The highest BCUT2D eigenvalue weighted by atomic mass is 35.5. The average Bonchev–Trinajstić information content (AvgIpc) is 3.03. The molecule has 0 spiro atoms. The number of rotatable bonds is 8. The number of nitrogens with zero attached hydrogens (tertiary/aromatic N) is 1. The highest BCUT2D eigenvalue weighted by Crippen LogP contribution is 2.43. The van der Waals surface area contributed by atoms with Gasteiger partial charge in [-0.05, 0) is 32.4 Å². The van der Waals surface area contributed by atoms with Crippen LogP contribution in [0.25, 0.3) is 5.76 Å². The number of benzene rings is 2. The van der Waals surface area contributed by atoms with Crippen molar-refractivity contribution in [3.05, 3.63) is 63.7 Å². The van der Waals surface area contributed by atoms with Crippen molar-refractivity contribution in [3.8, 4) is 11.5 Å². The standard InChI is InChI=1S/C25H28ClNO6/c1-14(2)33-10-9-27-22(16-8-6-7-15(3)11-16)21(24(29)25(27)30)23(28)17-12-20(32-5)18(26)13-19(17)31-4/h6-8,11-14,22,28H,9-10H2,1-5H3/b23-21+. The number of carbonyl (C=O) groups is 2. The highest BCUT2D eigenvalue weighted by Gasteiger charge is 2.46. The van der Waals surface area contributed by atoms with Gasteiger partial charge in [0, 0.05) is 12.6 Å². The number of ketones is 1. The predicted molar refractivity (Wildman–Crippen MR) is 126 cm³/mol. The Morgan fingerprint density at radius 3 is 2.42 bits per heavy atom. The van der Waals surface area contributed by atoms with Gasteiger partial charge in [-0.25, -0.2) is 0 Å². The van der Waals surface area contributed by atoms with Gasteiger partial charge in [-0.15, -0.1) is 0 Å². The van der Waals surface area contributed by atoms with Crippen molar-refractivity contribution in [2.45, 2.75) is 32.9 Å². The molecule has 0 saturated carbocycles. The van der Waals surface area contributed by atoms with E-state index >= 15 is 0 Å². The molecule has 8 heteroatoms. The zero-order valence-corrected chi connectivity index (χ0v) is 20.1. The van der Waals surface area contributed by atoms with E-state index in [2.05, 4.69) is 0 Å². The molecule has 2 aromatic carbocycles. The summed E-state index contributed by atoms with van der Waals surface area (Å²) in [6.45, 7) is 6.16. The average molecular weight is 474 g/mol. The number of amides is 1. The highest BCUT2D eigenvalue weighted by molar-refractivity contribution is 6.46. The summed E-state index contributed by atoms with van der Waals surface area (Å²) in [5.74, 6) is -1.30. The normalized spacial score (nSPS) is 17.7. The molecule has 1 saturated heterocycles. The number of methoxy groups -OCH3 is 2. The van der Waals surface area contributed by atoms with E-state index in [1.165, 1.54) is 31.3 Å². The van der Waals surface area contributed by atoms with E-state index in [1.54, 1.807) is 0 Å². The molecule has 1 unspecified atom stereocenters. The van der Waals surface area contributed by atoms with Crippen LogP contribution in [0.1, 0.15) is 36.6 Å².